The predicted octanol–water partition coefficient (Wildman–Crippen LogP) is -6.46. The molecule has 8 N–H and O–H groups in total. The summed E-state index contributed by atoms with van der Waals surface area (Å²) in [5.41, 5.74) is 0. The van der Waals surface area contributed by atoms with E-state index in [9.17, 15) is 0 Å². The van der Waals surface area contributed by atoms with Crippen LogP contribution in [-0.2, 0) is 0 Å². The standard InChI is InChI=1S/C4H12N.2BH3O3.BH2O3/c1-5(2,3)4;3*2-1(3)4/h1-4H3;2*2-4H;2-3H/q+1;;;-1. The minimum absolute atomic E-state index is 1.00. The molecule has 0 aromatic heterocycles. The molecule has 0 fully saturated rings. The van der Waals surface area contributed by atoms with Crippen LogP contribution >= 0.6 is 0 Å². The molecule has 13 heteroatoms. The molecular formula is C4H20B3NO9. The van der Waals surface area contributed by atoms with Gasteiger partial charge in [0.15, 0.2) is 0 Å². The van der Waals surface area contributed by atoms with Crippen LogP contribution in [0.5, 0.6) is 0 Å². The van der Waals surface area contributed by atoms with Gasteiger partial charge in [-0.2, -0.15) is 0 Å². The van der Waals surface area contributed by atoms with Crippen molar-refractivity contribution < 1.29 is 49.7 Å². The molecule has 0 aliphatic heterocycles. The molecule has 0 aromatic carbocycles. The van der Waals surface area contributed by atoms with Crippen molar-refractivity contribution in [2.24, 2.45) is 0 Å². The zero-order valence-electron chi connectivity index (χ0n) is 10.2. The molecule has 0 rings (SSSR count). The average molecular weight is 259 g/mol. The summed E-state index contributed by atoms with van der Waals surface area (Å²) in [7, 11) is 1.75. The van der Waals surface area contributed by atoms with Crippen LogP contribution in [0, 0.1) is 0 Å². The van der Waals surface area contributed by atoms with E-state index in [0.29, 0.717) is 0 Å². The molecule has 0 aromatic rings. The second kappa shape index (κ2) is 15.8. The van der Waals surface area contributed by atoms with Gasteiger partial charge in [0, 0.05) is 0 Å². The number of nitrogens with zero attached hydrogens (tertiary/aromatic N) is 1. The largest absolute Gasteiger partial charge is 0.832 e. The second-order valence-corrected chi connectivity index (χ2v) is 3.70. The molecule has 0 amide bonds. The minimum Gasteiger partial charge on any atom is -0.832 e. The van der Waals surface area contributed by atoms with E-state index < -0.39 is 22.0 Å². The van der Waals surface area contributed by atoms with Gasteiger partial charge < -0.3 is 49.7 Å². The van der Waals surface area contributed by atoms with E-state index >= 15 is 0 Å². The van der Waals surface area contributed by atoms with Crippen LogP contribution in [0.15, 0.2) is 0 Å². The molecule has 0 spiro atoms. The SMILES string of the molecule is C[N+](C)(C)C.OB(O)O.OB(O)O.[O-]B(O)O. The van der Waals surface area contributed by atoms with Gasteiger partial charge in [0.05, 0.1) is 28.2 Å². The molecule has 0 heterocycles. The first-order valence-corrected chi connectivity index (χ1v) is 4.09. The van der Waals surface area contributed by atoms with Gasteiger partial charge in [-0.25, -0.2) is 0 Å². The van der Waals surface area contributed by atoms with Gasteiger partial charge in [-0.05, 0) is 0 Å². The summed E-state index contributed by atoms with van der Waals surface area (Å²) < 4.78 is 1.00. The lowest BCUT2D eigenvalue weighted by Crippen LogP contribution is -2.29. The third-order valence-electron chi connectivity index (χ3n) is 0. The molecule has 0 saturated carbocycles. The van der Waals surface area contributed by atoms with Crippen molar-refractivity contribution in [2.45, 2.75) is 0 Å². The fraction of sp³-hybridized carbons (Fsp3) is 1.00. The molecule has 0 aliphatic rings. The van der Waals surface area contributed by atoms with E-state index in [1.54, 1.807) is 0 Å². The van der Waals surface area contributed by atoms with E-state index in [0.717, 1.165) is 4.48 Å². The number of hydrogen-bond acceptors (Lipinski definition) is 9. The van der Waals surface area contributed by atoms with Crippen LogP contribution < -0.4 is 5.02 Å². The fourth-order valence-electron chi connectivity index (χ4n) is 0. The van der Waals surface area contributed by atoms with Crippen LogP contribution in [0.2, 0.25) is 0 Å². The third kappa shape index (κ3) is 71400. The van der Waals surface area contributed by atoms with Crippen LogP contribution in [0.1, 0.15) is 0 Å². The van der Waals surface area contributed by atoms with Crippen molar-refractivity contribution >= 4 is 22.0 Å². The van der Waals surface area contributed by atoms with E-state index in [1.807, 2.05) is 0 Å². The average Bonchev–Trinajstić information content (AvgIpc) is 1.73. The van der Waals surface area contributed by atoms with Gasteiger partial charge in [-0.1, -0.05) is 0 Å². The summed E-state index contributed by atoms with van der Waals surface area (Å²) in [6, 6.07) is 0. The van der Waals surface area contributed by atoms with Gasteiger partial charge in [0.25, 0.3) is 0 Å². The van der Waals surface area contributed by atoms with Crippen molar-refractivity contribution in [3.8, 4) is 0 Å². The summed E-state index contributed by atoms with van der Waals surface area (Å²) in [5, 5.41) is 65.8. The molecular weight excluding hydrogens is 238 g/mol. The second-order valence-electron chi connectivity index (χ2n) is 3.70. The lowest BCUT2D eigenvalue weighted by atomic mass is 10.3. The van der Waals surface area contributed by atoms with Crippen LogP contribution in [0.25, 0.3) is 0 Å². The summed E-state index contributed by atoms with van der Waals surface area (Å²) in [5.74, 6) is 0. The Hall–Kier alpha value is -0.205. The highest BCUT2D eigenvalue weighted by atomic mass is 16.5. The zero-order valence-corrected chi connectivity index (χ0v) is 10.2. The van der Waals surface area contributed by atoms with E-state index in [2.05, 4.69) is 28.2 Å². The lowest BCUT2D eigenvalue weighted by Gasteiger charge is -2.14. The Kier molecular flexibility index (Phi) is 23.8. The first-order valence-electron chi connectivity index (χ1n) is 4.09. The molecule has 0 unspecified atom stereocenters. The predicted molar refractivity (Wildman–Crippen MR) is 59.0 cm³/mol. The maximum atomic E-state index is 8.64. The van der Waals surface area contributed by atoms with Crippen LogP contribution in [0.4, 0.5) is 0 Å². The summed E-state index contributed by atoms with van der Waals surface area (Å²) in [6.45, 7) is 0. The van der Waals surface area contributed by atoms with Gasteiger partial charge in [-0.15, -0.1) is 0 Å². The fourth-order valence-corrected chi connectivity index (χ4v) is 0. The van der Waals surface area contributed by atoms with E-state index in [4.69, 9.17) is 45.2 Å². The Morgan fingerprint density at radius 2 is 0.647 bits per heavy atom. The van der Waals surface area contributed by atoms with Gasteiger partial charge >= 0.3 is 22.0 Å². The highest BCUT2D eigenvalue weighted by molar-refractivity contribution is 6.30. The molecule has 17 heavy (non-hydrogen) atoms. The van der Waals surface area contributed by atoms with Gasteiger partial charge in [0.1, 0.15) is 0 Å². The first kappa shape index (κ1) is 25.6. The molecule has 0 radical (unpaired) electrons. The number of quaternary nitrogens is 1. The quantitative estimate of drug-likeness (QED) is 0.154. The summed E-state index contributed by atoms with van der Waals surface area (Å²) >= 11 is 0. The highest BCUT2D eigenvalue weighted by Crippen LogP contribution is 1.73. The molecule has 0 bridgehead atoms. The summed E-state index contributed by atoms with van der Waals surface area (Å²) in [6.07, 6.45) is 0. The molecule has 0 atom stereocenters. The Morgan fingerprint density at radius 3 is 0.647 bits per heavy atom. The highest BCUT2D eigenvalue weighted by Gasteiger charge is 1.93. The topological polar surface area (TPSA) is 185 Å². The molecule has 104 valence electrons. The van der Waals surface area contributed by atoms with Crippen LogP contribution in [0.3, 0.4) is 0 Å². The van der Waals surface area contributed by atoms with Gasteiger partial charge in [-0.3, -0.25) is 0 Å². The molecule has 10 nitrogen and oxygen atoms in total. The van der Waals surface area contributed by atoms with Crippen molar-refractivity contribution in [1.29, 1.82) is 0 Å². The van der Waals surface area contributed by atoms with Crippen molar-refractivity contribution in [1.82, 2.24) is 0 Å². The van der Waals surface area contributed by atoms with Crippen molar-refractivity contribution in [3.63, 3.8) is 0 Å². The molecule has 0 aliphatic carbocycles. The van der Waals surface area contributed by atoms with Crippen molar-refractivity contribution in [2.75, 3.05) is 28.2 Å². The monoisotopic (exact) mass is 259 g/mol. The van der Waals surface area contributed by atoms with E-state index in [-0.39, 0.29) is 0 Å². The normalized spacial score (nSPS) is 8.29. The zero-order chi connectivity index (χ0) is 15.2. The Labute approximate surface area is 101 Å². The third-order valence-corrected chi connectivity index (χ3v) is 0. The van der Waals surface area contributed by atoms with E-state index in [1.165, 1.54) is 0 Å². The Morgan fingerprint density at radius 1 is 0.647 bits per heavy atom. The first-order chi connectivity index (χ1) is 7.20. The maximum Gasteiger partial charge on any atom is 0.631 e. The minimum atomic E-state index is -2.42. The Bertz CT molecular complexity index is 101. The number of hydrogen-bond donors (Lipinski definition) is 8. The smallest absolute Gasteiger partial charge is 0.631 e. The van der Waals surface area contributed by atoms with Crippen LogP contribution in [-0.4, -0.2) is 94.8 Å². The van der Waals surface area contributed by atoms with Gasteiger partial charge in [0.2, 0.25) is 0 Å². The molecule has 0 saturated heterocycles. The Balaban J connectivity index is -0.0000000667. The summed E-state index contributed by atoms with van der Waals surface area (Å²) in [4.78, 5) is 0. The van der Waals surface area contributed by atoms with Crippen molar-refractivity contribution in [3.05, 3.63) is 0 Å². The number of rotatable bonds is 0. The lowest BCUT2D eigenvalue weighted by molar-refractivity contribution is -0.849. The maximum absolute atomic E-state index is 8.64.